The Morgan fingerprint density at radius 2 is 1.58 bits per heavy atom. The first-order valence-corrected chi connectivity index (χ1v) is 10.9. The summed E-state index contributed by atoms with van der Waals surface area (Å²) in [6.45, 7) is -0.0771. The van der Waals surface area contributed by atoms with Gasteiger partial charge >= 0.3 is 6.18 Å². The quantitative estimate of drug-likeness (QED) is 0.336. The minimum Gasteiger partial charge on any atom is -0.486 e. The molecule has 2 aromatic carbocycles. The van der Waals surface area contributed by atoms with Gasteiger partial charge in [-0.05, 0) is 48.5 Å². The molecule has 0 atom stereocenters. The molecule has 0 N–H and O–H groups in total. The highest BCUT2D eigenvalue weighted by atomic mass is 19.4. The van der Waals surface area contributed by atoms with Gasteiger partial charge in [0.05, 0.1) is 11.1 Å². The lowest BCUT2D eigenvalue weighted by atomic mass is 10.2. The fourth-order valence-corrected chi connectivity index (χ4v) is 3.71. The van der Waals surface area contributed by atoms with E-state index in [2.05, 4.69) is 20.2 Å². The molecule has 4 heterocycles. The second kappa shape index (κ2) is 8.45. The van der Waals surface area contributed by atoms with E-state index in [1.807, 2.05) is 54.6 Å². The highest BCUT2D eigenvalue weighted by Crippen LogP contribution is 2.30. The van der Waals surface area contributed by atoms with Gasteiger partial charge in [0, 0.05) is 11.6 Å². The Morgan fingerprint density at radius 3 is 2.39 bits per heavy atom. The summed E-state index contributed by atoms with van der Waals surface area (Å²) in [7, 11) is 0. The van der Waals surface area contributed by atoms with Gasteiger partial charge in [0.15, 0.2) is 17.3 Å². The van der Waals surface area contributed by atoms with Crippen LogP contribution in [0.2, 0.25) is 0 Å². The summed E-state index contributed by atoms with van der Waals surface area (Å²) in [6, 6.07) is 21.4. The third kappa shape index (κ3) is 4.11. The van der Waals surface area contributed by atoms with E-state index in [1.54, 1.807) is 10.7 Å². The van der Waals surface area contributed by atoms with Crippen LogP contribution in [-0.4, -0.2) is 34.3 Å². The molecular formula is C25H16F3N7O. The van der Waals surface area contributed by atoms with Crippen molar-refractivity contribution < 1.29 is 17.9 Å². The zero-order valence-corrected chi connectivity index (χ0v) is 18.5. The van der Waals surface area contributed by atoms with Crippen LogP contribution in [0.4, 0.5) is 13.2 Å². The largest absolute Gasteiger partial charge is 0.486 e. The minimum absolute atomic E-state index is 0.0771. The Hall–Kier alpha value is -4.80. The van der Waals surface area contributed by atoms with Crippen LogP contribution in [-0.2, 0) is 12.8 Å². The van der Waals surface area contributed by atoms with Gasteiger partial charge in [-0.3, -0.25) is 0 Å². The summed E-state index contributed by atoms with van der Waals surface area (Å²) in [4.78, 5) is 13.9. The third-order valence-corrected chi connectivity index (χ3v) is 5.45. The summed E-state index contributed by atoms with van der Waals surface area (Å²) in [5.41, 5.74) is 1.22. The molecule has 0 aliphatic heterocycles. The number of halogens is 3. The molecule has 0 fully saturated rings. The predicted molar refractivity (Wildman–Crippen MR) is 124 cm³/mol. The monoisotopic (exact) mass is 487 g/mol. The van der Waals surface area contributed by atoms with Crippen LogP contribution in [0.1, 0.15) is 11.4 Å². The van der Waals surface area contributed by atoms with E-state index >= 15 is 0 Å². The van der Waals surface area contributed by atoms with Gasteiger partial charge in [-0.1, -0.05) is 30.3 Å². The van der Waals surface area contributed by atoms with Gasteiger partial charge in [-0.15, -0.1) is 10.2 Å². The van der Waals surface area contributed by atoms with Crippen molar-refractivity contribution >= 4 is 16.6 Å². The maximum absolute atomic E-state index is 12.8. The minimum atomic E-state index is -4.41. The molecule has 11 heteroatoms. The van der Waals surface area contributed by atoms with Crippen LogP contribution in [0, 0.1) is 0 Å². The van der Waals surface area contributed by atoms with Gasteiger partial charge < -0.3 is 4.74 Å². The number of rotatable bonds is 5. The molecule has 0 bridgehead atoms. The number of hydrogen-bond donors (Lipinski definition) is 0. The first-order valence-electron chi connectivity index (χ1n) is 10.9. The Morgan fingerprint density at radius 1 is 0.778 bits per heavy atom. The van der Waals surface area contributed by atoms with Crippen LogP contribution in [0.5, 0.6) is 5.75 Å². The zero-order valence-electron chi connectivity index (χ0n) is 18.5. The Balaban J connectivity index is 1.37. The maximum Gasteiger partial charge on any atom is 0.416 e. The standard InChI is InChI=1S/C25H16F3N7O/c26-25(27,28)17-9-11-18(12-10-17)36-15-21-30-23(20-13-8-16-5-1-2-6-19(16)29-20)35(32-21)24-31-22-7-3-4-14-34(22)33-24/h1-14H,15H2. The van der Waals surface area contributed by atoms with Gasteiger partial charge in [-0.25, -0.2) is 14.5 Å². The number of benzene rings is 2. The number of alkyl halides is 3. The average Bonchev–Trinajstić information content (AvgIpc) is 3.51. The number of nitrogens with zero attached hydrogens (tertiary/aromatic N) is 7. The molecule has 36 heavy (non-hydrogen) atoms. The number of ether oxygens (including phenoxy) is 1. The molecule has 6 rings (SSSR count). The van der Waals surface area contributed by atoms with E-state index in [4.69, 9.17) is 9.72 Å². The summed E-state index contributed by atoms with van der Waals surface area (Å²) in [6.07, 6.45) is -2.65. The summed E-state index contributed by atoms with van der Waals surface area (Å²) in [5.74, 6) is 1.25. The van der Waals surface area contributed by atoms with E-state index in [1.165, 1.54) is 16.8 Å². The molecule has 0 amide bonds. The Kier molecular flexibility index (Phi) is 5.10. The second-order valence-corrected chi connectivity index (χ2v) is 7.88. The van der Waals surface area contributed by atoms with Crippen molar-refractivity contribution in [3.63, 3.8) is 0 Å². The molecule has 0 aliphatic rings. The summed E-state index contributed by atoms with van der Waals surface area (Å²) < 4.78 is 47.3. The highest BCUT2D eigenvalue weighted by molar-refractivity contribution is 5.80. The molecule has 4 aromatic heterocycles. The van der Waals surface area contributed by atoms with Crippen LogP contribution < -0.4 is 4.74 Å². The van der Waals surface area contributed by atoms with E-state index in [9.17, 15) is 13.2 Å². The van der Waals surface area contributed by atoms with Crippen molar-refractivity contribution in [2.75, 3.05) is 0 Å². The normalized spacial score (nSPS) is 11.9. The fraction of sp³-hybridized carbons (Fsp3) is 0.0800. The van der Waals surface area contributed by atoms with Gasteiger partial charge in [0.1, 0.15) is 18.1 Å². The predicted octanol–water partition coefficient (Wildman–Crippen LogP) is 5.12. The maximum atomic E-state index is 12.8. The van der Waals surface area contributed by atoms with Crippen LogP contribution in [0.15, 0.2) is 85.1 Å². The van der Waals surface area contributed by atoms with E-state index in [0.717, 1.165) is 23.0 Å². The molecule has 178 valence electrons. The third-order valence-electron chi connectivity index (χ3n) is 5.45. The molecule has 6 aromatic rings. The molecule has 8 nitrogen and oxygen atoms in total. The van der Waals surface area contributed by atoms with Gasteiger partial charge in [-0.2, -0.15) is 22.8 Å². The Bertz CT molecular complexity index is 1660. The van der Waals surface area contributed by atoms with Gasteiger partial charge in [0.25, 0.3) is 5.95 Å². The lowest BCUT2D eigenvalue weighted by molar-refractivity contribution is -0.137. The first kappa shape index (κ1) is 21.7. The van der Waals surface area contributed by atoms with Crippen molar-refractivity contribution in [1.82, 2.24) is 34.3 Å². The molecule has 0 radical (unpaired) electrons. The van der Waals surface area contributed by atoms with Crippen LogP contribution in [0.3, 0.4) is 0 Å². The molecular weight excluding hydrogens is 471 g/mol. The lowest BCUT2D eigenvalue weighted by Crippen LogP contribution is -2.05. The van der Waals surface area contributed by atoms with Crippen molar-refractivity contribution in [3.05, 3.63) is 96.4 Å². The van der Waals surface area contributed by atoms with Crippen LogP contribution >= 0.6 is 0 Å². The van der Waals surface area contributed by atoms with E-state index < -0.39 is 11.7 Å². The number of hydrogen-bond acceptors (Lipinski definition) is 6. The second-order valence-electron chi connectivity index (χ2n) is 7.88. The zero-order chi connectivity index (χ0) is 24.7. The molecule has 0 aliphatic carbocycles. The highest BCUT2D eigenvalue weighted by Gasteiger charge is 2.30. The van der Waals surface area contributed by atoms with Crippen molar-refractivity contribution in [3.8, 4) is 23.2 Å². The molecule has 0 unspecified atom stereocenters. The van der Waals surface area contributed by atoms with Gasteiger partial charge in [0.2, 0.25) is 0 Å². The summed E-state index contributed by atoms with van der Waals surface area (Å²) >= 11 is 0. The molecule has 0 spiro atoms. The number of pyridine rings is 2. The lowest BCUT2D eigenvalue weighted by Gasteiger charge is -2.08. The topological polar surface area (TPSA) is 83.0 Å². The van der Waals surface area contributed by atoms with Crippen molar-refractivity contribution in [1.29, 1.82) is 0 Å². The van der Waals surface area contributed by atoms with Crippen LogP contribution in [0.25, 0.3) is 34.0 Å². The van der Waals surface area contributed by atoms with Crippen molar-refractivity contribution in [2.24, 2.45) is 0 Å². The van der Waals surface area contributed by atoms with E-state index in [-0.39, 0.29) is 12.4 Å². The fourth-order valence-electron chi connectivity index (χ4n) is 3.71. The molecule has 0 saturated carbocycles. The summed E-state index contributed by atoms with van der Waals surface area (Å²) in [5, 5.41) is 9.99. The first-order chi connectivity index (χ1) is 17.4. The number of aromatic nitrogens is 7. The number of para-hydroxylation sites is 1. The smallest absolute Gasteiger partial charge is 0.416 e. The number of fused-ring (bicyclic) bond motifs is 2. The average molecular weight is 487 g/mol. The SMILES string of the molecule is FC(F)(F)c1ccc(OCc2nc(-c3ccc4ccccc4n3)n(-c3nc4ccccn4n3)n2)cc1. The Labute approximate surface area is 201 Å². The van der Waals surface area contributed by atoms with Crippen molar-refractivity contribution in [2.45, 2.75) is 12.8 Å². The van der Waals surface area contributed by atoms with E-state index in [0.29, 0.717) is 28.9 Å². The molecule has 0 saturated heterocycles.